The first-order valence-electron chi connectivity index (χ1n) is 13.0. The highest BCUT2D eigenvalue weighted by molar-refractivity contribution is 6.27. The highest BCUT2D eigenvalue weighted by Crippen LogP contribution is 2.31. The van der Waals surface area contributed by atoms with E-state index in [1.54, 1.807) is 4.90 Å². The van der Waals surface area contributed by atoms with Gasteiger partial charge >= 0.3 is 12.2 Å². The minimum Gasteiger partial charge on any atom is -0.351 e. The summed E-state index contributed by atoms with van der Waals surface area (Å²) in [6.07, 6.45) is -0.738. The summed E-state index contributed by atoms with van der Waals surface area (Å²) in [5.74, 6) is -0.401. The quantitative estimate of drug-likeness (QED) is 0.343. The van der Waals surface area contributed by atoms with Gasteiger partial charge in [-0.1, -0.05) is 43.7 Å². The second kappa shape index (κ2) is 13.8. The van der Waals surface area contributed by atoms with E-state index in [0.29, 0.717) is 12.6 Å². The van der Waals surface area contributed by atoms with Crippen molar-refractivity contribution in [2.24, 2.45) is 0 Å². The lowest BCUT2D eigenvalue weighted by atomic mass is 9.99. The molecule has 1 aliphatic rings. The molecule has 1 unspecified atom stereocenters. The van der Waals surface area contributed by atoms with Gasteiger partial charge in [-0.2, -0.15) is 13.2 Å². The number of carbonyl (C=O) groups excluding carboxylic acids is 2. The summed E-state index contributed by atoms with van der Waals surface area (Å²) in [5.41, 5.74) is 1.01. The van der Waals surface area contributed by atoms with E-state index >= 15 is 0 Å². The average Bonchev–Trinajstić information content (AvgIpc) is 2.90. The van der Waals surface area contributed by atoms with Gasteiger partial charge in [-0.3, -0.25) is 4.79 Å². The molecule has 0 radical (unpaired) electrons. The van der Waals surface area contributed by atoms with Crippen LogP contribution in [0.5, 0.6) is 0 Å². The largest absolute Gasteiger partial charge is 0.416 e. The average molecular weight is 553 g/mol. The molecule has 1 fully saturated rings. The Morgan fingerprint density at radius 2 is 1.79 bits per heavy atom. The van der Waals surface area contributed by atoms with Crippen molar-refractivity contribution in [1.29, 1.82) is 0 Å². The van der Waals surface area contributed by atoms with Gasteiger partial charge in [0.15, 0.2) is 0 Å². The Labute approximate surface area is 227 Å². The van der Waals surface area contributed by atoms with Crippen LogP contribution in [0.2, 0.25) is 0 Å². The third kappa shape index (κ3) is 8.63. The van der Waals surface area contributed by atoms with E-state index in [-0.39, 0.29) is 30.1 Å². The first kappa shape index (κ1) is 29.8. The number of anilines is 1. The molecule has 10 heteroatoms. The number of carbonyl (C=O) groups is 2. The van der Waals surface area contributed by atoms with Crippen molar-refractivity contribution < 1.29 is 22.8 Å². The number of alkyl halides is 4. The van der Waals surface area contributed by atoms with Gasteiger partial charge < -0.3 is 20.4 Å². The zero-order valence-corrected chi connectivity index (χ0v) is 22.6. The van der Waals surface area contributed by atoms with Crippen molar-refractivity contribution in [3.8, 4) is 0 Å². The smallest absolute Gasteiger partial charge is 0.351 e. The monoisotopic (exact) mass is 552 g/mol. The maximum absolute atomic E-state index is 13.5. The first-order valence-corrected chi connectivity index (χ1v) is 13.5. The van der Waals surface area contributed by atoms with E-state index in [2.05, 4.69) is 29.4 Å². The molecule has 0 saturated carbocycles. The van der Waals surface area contributed by atoms with Crippen LogP contribution in [0.1, 0.15) is 56.2 Å². The number of likely N-dealkylation sites (tertiary alicyclic amines) is 1. The minimum absolute atomic E-state index is 0.0644. The SMILES string of the molecule is CCCC(C)N1CCC(N(Cc2cccc(CNC(=O)CCl)c2)C(=O)Nc2cccc(C(F)(F)F)c2)CC1. The number of nitrogens with zero attached hydrogens (tertiary/aromatic N) is 2. The van der Waals surface area contributed by atoms with Crippen LogP contribution in [0.3, 0.4) is 0 Å². The van der Waals surface area contributed by atoms with E-state index in [9.17, 15) is 22.8 Å². The summed E-state index contributed by atoms with van der Waals surface area (Å²) in [6.45, 7) is 6.68. The topological polar surface area (TPSA) is 64.7 Å². The summed E-state index contributed by atoms with van der Waals surface area (Å²) in [5, 5.41) is 5.42. The van der Waals surface area contributed by atoms with Gasteiger partial charge in [0.05, 0.1) is 5.56 Å². The fourth-order valence-corrected chi connectivity index (χ4v) is 4.95. The van der Waals surface area contributed by atoms with Crippen molar-refractivity contribution in [1.82, 2.24) is 15.1 Å². The third-order valence-corrected chi connectivity index (χ3v) is 7.17. The molecular formula is C28H36ClF3N4O2. The Kier molecular flexibility index (Phi) is 10.8. The first-order chi connectivity index (χ1) is 18.1. The molecule has 2 N–H and O–H groups in total. The fourth-order valence-electron chi connectivity index (χ4n) is 4.86. The van der Waals surface area contributed by atoms with Crippen LogP contribution in [-0.4, -0.2) is 52.8 Å². The van der Waals surface area contributed by atoms with E-state index in [1.807, 2.05) is 24.3 Å². The van der Waals surface area contributed by atoms with Crippen LogP contribution in [-0.2, 0) is 24.1 Å². The molecule has 3 rings (SSSR count). The molecule has 0 bridgehead atoms. The zero-order valence-electron chi connectivity index (χ0n) is 21.9. The molecule has 2 aromatic carbocycles. The number of benzene rings is 2. The van der Waals surface area contributed by atoms with Gasteiger partial charge in [0.2, 0.25) is 5.91 Å². The van der Waals surface area contributed by atoms with Gasteiger partial charge in [0, 0.05) is 44.0 Å². The fraction of sp³-hybridized carbons (Fsp3) is 0.500. The minimum atomic E-state index is -4.50. The van der Waals surface area contributed by atoms with Crippen molar-refractivity contribution >= 4 is 29.2 Å². The summed E-state index contributed by atoms with van der Waals surface area (Å²) in [4.78, 5) is 29.2. The van der Waals surface area contributed by atoms with Crippen molar-refractivity contribution in [3.63, 3.8) is 0 Å². The molecule has 0 spiro atoms. The third-order valence-electron chi connectivity index (χ3n) is 6.93. The number of hydrogen-bond donors (Lipinski definition) is 2. The van der Waals surface area contributed by atoms with Crippen LogP contribution in [0.25, 0.3) is 0 Å². The van der Waals surface area contributed by atoms with Crippen LogP contribution >= 0.6 is 11.6 Å². The molecule has 38 heavy (non-hydrogen) atoms. The molecule has 1 aliphatic heterocycles. The van der Waals surface area contributed by atoms with E-state index in [0.717, 1.165) is 62.0 Å². The highest BCUT2D eigenvalue weighted by atomic mass is 35.5. The number of urea groups is 1. The van der Waals surface area contributed by atoms with Gasteiger partial charge in [-0.05, 0) is 55.5 Å². The van der Waals surface area contributed by atoms with Crippen LogP contribution in [0.15, 0.2) is 48.5 Å². The number of amides is 3. The van der Waals surface area contributed by atoms with E-state index in [4.69, 9.17) is 11.6 Å². The second-order valence-corrected chi connectivity index (χ2v) is 10.0. The van der Waals surface area contributed by atoms with Crippen LogP contribution in [0.4, 0.5) is 23.7 Å². The Hall–Kier alpha value is -2.78. The van der Waals surface area contributed by atoms with Crippen molar-refractivity contribution in [2.45, 2.75) is 70.9 Å². The predicted octanol–water partition coefficient (Wildman–Crippen LogP) is 6.25. The molecule has 1 saturated heterocycles. The van der Waals surface area contributed by atoms with Gasteiger partial charge in [-0.15, -0.1) is 11.6 Å². The molecule has 208 valence electrons. The maximum Gasteiger partial charge on any atom is 0.416 e. The lowest BCUT2D eigenvalue weighted by Crippen LogP contribution is -2.50. The van der Waals surface area contributed by atoms with Gasteiger partial charge in [0.1, 0.15) is 5.88 Å². The number of rotatable bonds is 10. The molecule has 2 aromatic rings. The maximum atomic E-state index is 13.5. The molecular weight excluding hydrogens is 517 g/mol. The molecule has 1 heterocycles. The van der Waals surface area contributed by atoms with E-state index in [1.165, 1.54) is 12.1 Å². The number of hydrogen-bond acceptors (Lipinski definition) is 3. The normalized spacial score (nSPS) is 15.6. The summed E-state index contributed by atoms with van der Waals surface area (Å²) in [6, 6.07) is 12.2. The van der Waals surface area contributed by atoms with Crippen molar-refractivity contribution in [3.05, 3.63) is 65.2 Å². The highest BCUT2D eigenvalue weighted by Gasteiger charge is 2.32. The summed E-state index contributed by atoms with van der Waals surface area (Å²) < 4.78 is 39.6. The molecule has 0 aromatic heterocycles. The molecule has 1 atom stereocenters. The number of piperidine rings is 1. The Morgan fingerprint density at radius 3 is 2.45 bits per heavy atom. The molecule has 6 nitrogen and oxygen atoms in total. The van der Waals surface area contributed by atoms with Crippen molar-refractivity contribution in [2.75, 3.05) is 24.3 Å². The lowest BCUT2D eigenvalue weighted by Gasteiger charge is -2.40. The zero-order chi connectivity index (χ0) is 27.7. The summed E-state index contributed by atoms with van der Waals surface area (Å²) in [7, 11) is 0. The predicted molar refractivity (Wildman–Crippen MR) is 144 cm³/mol. The Morgan fingerprint density at radius 1 is 1.11 bits per heavy atom. The molecule has 0 aliphatic carbocycles. The Bertz CT molecular complexity index is 1070. The van der Waals surface area contributed by atoms with Gasteiger partial charge in [0.25, 0.3) is 0 Å². The van der Waals surface area contributed by atoms with Crippen LogP contribution in [0, 0.1) is 0 Å². The van der Waals surface area contributed by atoms with Gasteiger partial charge in [-0.25, -0.2) is 4.79 Å². The Balaban J connectivity index is 1.78. The number of halogens is 4. The van der Waals surface area contributed by atoms with E-state index < -0.39 is 17.8 Å². The second-order valence-electron chi connectivity index (χ2n) is 9.77. The van der Waals surface area contributed by atoms with Crippen LogP contribution < -0.4 is 10.6 Å². The molecule has 3 amide bonds. The lowest BCUT2D eigenvalue weighted by molar-refractivity contribution is -0.137. The summed E-state index contributed by atoms with van der Waals surface area (Å²) >= 11 is 5.56. The number of nitrogens with one attached hydrogen (secondary N) is 2. The standard InChI is InChI=1S/C28H36ClF3N4O2/c1-3-6-20(2)35-13-11-25(12-14-35)36(19-22-8-4-7-21(15-22)18-33-26(37)17-29)27(38)34-24-10-5-9-23(16-24)28(30,31)32/h4-5,7-10,15-16,20,25H,3,6,11-14,17-19H2,1-2H3,(H,33,37)(H,34,38).